The molecular formula is C14H18Br2N2O2. The molecule has 1 aliphatic heterocycles. The lowest BCUT2D eigenvalue weighted by Crippen LogP contribution is -2.32. The standard InChI is InChI=1S/C14H18Br2N2O2/c1-17-8-10-6-11(15)14(12(16)7-10)20-9-13(19)18-4-2-3-5-18/h6-7,17H,2-5,8-9H2,1H3. The van der Waals surface area contributed by atoms with Gasteiger partial charge in [-0.05, 0) is 69.4 Å². The summed E-state index contributed by atoms with van der Waals surface area (Å²) in [5.74, 6) is 0.734. The first-order valence-electron chi connectivity index (χ1n) is 6.65. The molecule has 0 spiro atoms. The lowest BCUT2D eigenvalue weighted by molar-refractivity contribution is -0.132. The maximum Gasteiger partial charge on any atom is 0.260 e. The molecule has 4 nitrogen and oxygen atoms in total. The Morgan fingerprint density at radius 3 is 2.45 bits per heavy atom. The number of nitrogens with one attached hydrogen (secondary N) is 1. The second-order valence-corrected chi connectivity index (χ2v) is 6.50. The number of rotatable bonds is 5. The molecule has 0 unspecified atom stereocenters. The molecule has 0 saturated carbocycles. The normalized spacial score (nSPS) is 14.7. The molecule has 6 heteroatoms. The predicted octanol–water partition coefficient (Wildman–Crippen LogP) is 2.93. The molecule has 1 N–H and O–H groups in total. The van der Waals surface area contributed by atoms with Crippen molar-refractivity contribution in [3.05, 3.63) is 26.6 Å². The molecule has 1 amide bonds. The summed E-state index contributed by atoms with van der Waals surface area (Å²) in [5.41, 5.74) is 1.14. The van der Waals surface area contributed by atoms with E-state index in [1.165, 1.54) is 0 Å². The number of ether oxygens (including phenoxy) is 1. The van der Waals surface area contributed by atoms with Gasteiger partial charge < -0.3 is 15.0 Å². The molecule has 20 heavy (non-hydrogen) atoms. The first kappa shape index (κ1) is 15.8. The van der Waals surface area contributed by atoms with Gasteiger partial charge in [-0.1, -0.05) is 0 Å². The van der Waals surface area contributed by atoms with Crippen molar-refractivity contribution in [2.75, 3.05) is 26.7 Å². The Morgan fingerprint density at radius 1 is 1.30 bits per heavy atom. The quantitative estimate of drug-likeness (QED) is 0.818. The van der Waals surface area contributed by atoms with Crippen LogP contribution < -0.4 is 10.1 Å². The minimum atomic E-state index is 0.0561. The van der Waals surface area contributed by atoms with Crippen molar-refractivity contribution >= 4 is 37.8 Å². The third kappa shape index (κ3) is 3.96. The second kappa shape index (κ2) is 7.43. The number of benzene rings is 1. The number of amides is 1. The van der Waals surface area contributed by atoms with Crippen LogP contribution in [0.5, 0.6) is 5.75 Å². The van der Waals surface area contributed by atoms with Crippen LogP contribution in [-0.4, -0.2) is 37.6 Å². The van der Waals surface area contributed by atoms with Crippen molar-refractivity contribution in [1.82, 2.24) is 10.2 Å². The summed E-state index contributed by atoms with van der Waals surface area (Å²) in [5, 5.41) is 3.10. The van der Waals surface area contributed by atoms with Crippen LogP contribution in [0.2, 0.25) is 0 Å². The van der Waals surface area contributed by atoms with E-state index in [0.29, 0.717) is 5.75 Å². The average Bonchev–Trinajstić information content (AvgIpc) is 2.91. The Bertz CT molecular complexity index is 465. The van der Waals surface area contributed by atoms with Gasteiger partial charge in [-0.3, -0.25) is 4.79 Å². The van der Waals surface area contributed by atoms with E-state index in [4.69, 9.17) is 4.74 Å². The van der Waals surface area contributed by atoms with Crippen LogP contribution in [0.3, 0.4) is 0 Å². The Kier molecular flexibility index (Phi) is 5.86. The molecule has 0 aromatic heterocycles. The van der Waals surface area contributed by atoms with Gasteiger partial charge in [-0.15, -0.1) is 0 Å². The monoisotopic (exact) mass is 404 g/mol. The van der Waals surface area contributed by atoms with E-state index >= 15 is 0 Å². The number of hydrogen-bond acceptors (Lipinski definition) is 3. The summed E-state index contributed by atoms with van der Waals surface area (Å²) in [6, 6.07) is 3.99. The number of hydrogen-bond donors (Lipinski definition) is 1. The van der Waals surface area contributed by atoms with Crippen molar-refractivity contribution in [3.8, 4) is 5.75 Å². The minimum absolute atomic E-state index is 0.0561. The third-order valence-corrected chi connectivity index (χ3v) is 4.42. The largest absolute Gasteiger partial charge is 0.481 e. The van der Waals surface area contributed by atoms with E-state index in [9.17, 15) is 4.79 Å². The fourth-order valence-electron chi connectivity index (χ4n) is 2.25. The van der Waals surface area contributed by atoms with E-state index in [-0.39, 0.29) is 12.5 Å². The number of halogens is 2. The van der Waals surface area contributed by atoms with Gasteiger partial charge in [0.05, 0.1) is 8.95 Å². The van der Waals surface area contributed by atoms with E-state index in [2.05, 4.69) is 37.2 Å². The first-order chi connectivity index (χ1) is 9.61. The van der Waals surface area contributed by atoms with Crippen molar-refractivity contribution < 1.29 is 9.53 Å². The summed E-state index contributed by atoms with van der Waals surface area (Å²) in [6.07, 6.45) is 2.19. The molecule has 1 saturated heterocycles. The highest BCUT2D eigenvalue weighted by atomic mass is 79.9. The van der Waals surface area contributed by atoms with Crippen LogP contribution in [-0.2, 0) is 11.3 Å². The number of nitrogens with zero attached hydrogens (tertiary/aromatic N) is 1. The second-order valence-electron chi connectivity index (χ2n) is 4.80. The Labute approximate surface area is 136 Å². The molecule has 1 aromatic carbocycles. The molecule has 110 valence electrons. The smallest absolute Gasteiger partial charge is 0.260 e. The molecule has 1 aromatic rings. The van der Waals surface area contributed by atoms with Gasteiger partial charge in [0.1, 0.15) is 5.75 Å². The van der Waals surface area contributed by atoms with Crippen LogP contribution in [0.15, 0.2) is 21.1 Å². The molecule has 1 heterocycles. The lowest BCUT2D eigenvalue weighted by atomic mass is 10.2. The summed E-state index contributed by atoms with van der Waals surface area (Å²) in [4.78, 5) is 13.8. The molecule has 2 rings (SSSR count). The highest BCUT2D eigenvalue weighted by molar-refractivity contribution is 9.11. The zero-order chi connectivity index (χ0) is 14.5. The Balaban J connectivity index is 2.00. The van der Waals surface area contributed by atoms with Crippen LogP contribution >= 0.6 is 31.9 Å². The Hall–Kier alpha value is -0.590. The van der Waals surface area contributed by atoms with Crippen LogP contribution in [0.4, 0.5) is 0 Å². The van der Waals surface area contributed by atoms with Gasteiger partial charge in [-0.2, -0.15) is 0 Å². The fourth-order valence-corrected chi connectivity index (χ4v) is 3.76. The van der Waals surface area contributed by atoms with Gasteiger partial charge in [0.2, 0.25) is 0 Å². The average molecular weight is 406 g/mol. The van der Waals surface area contributed by atoms with Gasteiger partial charge in [-0.25, -0.2) is 0 Å². The zero-order valence-corrected chi connectivity index (χ0v) is 14.6. The summed E-state index contributed by atoms with van der Waals surface area (Å²) >= 11 is 6.99. The fraction of sp³-hybridized carbons (Fsp3) is 0.500. The molecule has 0 atom stereocenters. The minimum Gasteiger partial charge on any atom is -0.481 e. The molecule has 1 fully saturated rings. The van der Waals surface area contributed by atoms with Crippen molar-refractivity contribution in [2.24, 2.45) is 0 Å². The van der Waals surface area contributed by atoms with E-state index in [0.717, 1.165) is 47.0 Å². The number of carbonyl (C=O) groups excluding carboxylic acids is 1. The highest BCUT2D eigenvalue weighted by Gasteiger charge is 2.19. The predicted molar refractivity (Wildman–Crippen MR) is 85.9 cm³/mol. The van der Waals surface area contributed by atoms with Crippen LogP contribution in [0, 0.1) is 0 Å². The summed E-state index contributed by atoms with van der Waals surface area (Å²) in [6.45, 7) is 2.57. The summed E-state index contributed by atoms with van der Waals surface area (Å²) < 4.78 is 7.38. The summed E-state index contributed by atoms with van der Waals surface area (Å²) in [7, 11) is 1.90. The van der Waals surface area contributed by atoms with Crippen molar-refractivity contribution in [2.45, 2.75) is 19.4 Å². The Morgan fingerprint density at radius 2 is 1.90 bits per heavy atom. The topological polar surface area (TPSA) is 41.6 Å². The highest BCUT2D eigenvalue weighted by Crippen LogP contribution is 2.34. The molecule has 1 aliphatic rings. The van der Waals surface area contributed by atoms with Crippen LogP contribution in [0.25, 0.3) is 0 Å². The number of carbonyl (C=O) groups is 1. The van der Waals surface area contributed by atoms with Gasteiger partial charge in [0, 0.05) is 19.6 Å². The molecule has 0 aliphatic carbocycles. The van der Waals surface area contributed by atoms with Crippen molar-refractivity contribution in [1.29, 1.82) is 0 Å². The van der Waals surface area contributed by atoms with Gasteiger partial charge >= 0.3 is 0 Å². The molecular weight excluding hydrogens is 388 g/mol. The first-order valence-corrected chi connectivity index (χ1v) is 8.23. The van der Waals surface area contributed by atoms with Crippen LogP contribution in [0.1, 0.15) is 18.4 Å². The lowest BCUT2D eigenvalue weighted by Gasteiger charge is -2.17. The molecule has 0 bridgehead atoms. The number of likely N-dealkylation sites (tertiary alicyclic amines) is 1. The maximum absolute atomic E-state index is 12.0. The molecule has 0 radical (unpaired) electrons. The van der Waals surface area contributed by atoms with Gasteiger partial charge in [0.15, 0.2) is 6.61 Å². The van der Waals surface area contributed by atoms with Crippen molar-refractivity contribution in [3.63, 3.8) is 0 Å². The SMILES string of the molecule is CNCc1cc(Br)c(OCC(=O)N2CCCC2)c(Br)c1. The van der Waals surface area contributed by atoms with E-state index < -0.39 is 0 Å². The zero-order valence-electron chi connectivity index (χ0n) is 11.4. The van der Waals surface area contributed by atoms with E-state index in [1.54, 1.807) is 0 Å². The van der Waals surface area contributed by atoms with Gasteiger partial charge in [0.25, 0.3) is 5.91 Å². The van der Waals surface area contributed by atoms with E-state index in [1.807, 2.05) is 24.1 Å². The third-order valence-electron chi connectivity index (χ3n) is 3.24. The maximum atomic E-state index is 12.0.